The van der Waals surface area contributed by atoms with E-state index in [0.29, 0.717) is 53.3 Å². The molecule has 0 bridgehead atoms. The predicted octanol–water partition coefficient (Wildman–Crippen LogP) is 4.42. The SMILES string of the molecule is CC(=O)Nc1ccc(NCC2C=C(C)C(CC3=NNC(=C4C=CC(=[N+]([O-])[O-])C=C4)O3)CC2C(C)C)cn1. The van der Waals surface area contributed by atoms with E-state index in [2.05, 4.69) is 53.0 Å². The third kappa shape index (κ3) is 6.58. The number of allylic oxidation sites excluding steroid dienone is 6. The van der Waals surface area contributed by atoms with Gasteiger partial charge in [0.25, 0.3) is 0 Å². The molecule has 0 spiro atoms. The zero-order valence-corrected chi connectivity index (χ0v) is 21.5. The molecular weight excluding hydrogens is 472 g/mol. The molecule has 0 saturated carbocycles. The maximum Gasteiger partial charge on any atom is 0.222 e. The number of aromatic nitrogens is 1. The van der Waals surface area contributed by atoms with Gasteiger partial charge >= 0.3 is 0 Å². The Morgan fingerprint density at radius 2 is 2.00 bits per heavy atom. The van der Waals surface area contributed by atoms with Crippen LogP contribution in [0, 0.1) is 34.1 Å². The summed E-state index contributed by atoms with van der Waals surface area (Å²) in [6.45, 7) is 8.95. The molecule has 3 unspecified atom stereocenters. The minimum absolute atomic E-state index is 0.0356. The molecule has 1 aromatic rings. The highest BCUT2D eigenvalue weighted by Crippen LogP contribution is 2.39. The second-order valence-corrected chi connectivity index (χ2v) is 9.97. The minimum Gasteiger partial charge on any atom is -0.612 e. The van der Waals surface area contributed by atoms with E-state index < -0.39 is 4.90 Å². The number of pyridine rings is 1. The number of hydrogen-bond donors (Lipinski definition) is 3. The lowest BCUT2D eigenvalue weighted by atomic mass is 9.70. The van der Waals surface area contributed by atoms with Crippen LogP contribution in [-0.2, 0) is 9.53 Å². The standard InChI is InChI=1S/C27H33N6O4/c1-16(2)24-12-20(13-26-31-32-27(37-26)19-5-8-23(9-6-19)33(35)36)17(3)11-21(24)14-28-22-7-10-25(29-15-22)30-18(4)34/h5-11,15-16,20-21,24,28,32H,12-14H2,1-4H3,(H-,29,30,34,35,36)/q-1. The molecule has 0 aromatic carbocycles. The van der Waals surface area contributed by atoms with Gasteiger partial charge in [-0.1, -0.05) is 25.5 Å². The van der Waals surface area contributed by atoms with Crippen LogP contribution < -0.4 is 16.1 Å². The first kappa shape index (κ1) is 26.0. The maximum atomic E-state index is 11.2. The number of ether oxygens (including phenoxy) is 1. The molecule has 10 nitrogen and oxygen atoms in total. The summed E-state index contributed by atoms with van der Waals surface area (Å²) in [6.07, 6.45) is 12.0. The molecule has 2 heterocycles. The van der Waals surface area contributed by atoms with Crippen molar-refractivity contribution in [2.75, 3.05) is 17.2 Å². The molecular formula is C27H33N6O4-. The van der Waals surface area contributed by atoms with E-state index in [0.717, 1.165) is 18.7 Å². The van der Waals surface area contributed by atoms with Crippen LogP contribution >= 0.6 is 0 Å². The molecule has 0 saturated heterocycles. The van der Waals surface area contributed by atoms with Gasteiger partial charge < -0.3 is 25.8 Å². The topological polar surface area (TPSA) is 137 Å². The normalized spacial score (nSPS) is 22.8. The summed E-state index contributed by atoms with van der Waals surface area (Å²) < 4.78 is 5.97. The van der Waals surface area contributed by atoms with Crippen LogP contribution in [0.1, 0.15) is 40.5 Å². The van der Waals surface area contributed by atoms with Crippen LogP contribution in [0.2, 0.25) is 0 Å². The predicted molar refractivity (Wildman–Crippen MR) is 144 cm³/mol. The van der Waals surface area contributed by atoms with Crippen molar-refractivity contribution in [2.45, 2.75) is 40.5 Å². The summed E-state index contributed by atoms with van der Waals surface area (Å²) in [6, 6.07) is 3.71. The van der Waals surface area contributed by atoms with E-state index >= 15 is 0 Å². The smallest absolute Gasteiger partial charge is 0.222 e. The van der Waals surface area contributed by atoms with Crippen molar-refractivity contribution in [1.82, 2.24) is 10.4 Å². The first-order valence-electron chi connectivity index (χ1n) is 12.5. The van der Waals surface area contributed by atoms with Crippen molar-refractivity contribution in [3.05, 3.63) is 76.2 Å². The van der Waals surface area contributed by atoms with Crippen LogP contribution in [0.3, 0.4) is 0 Å². The van der Waals surface area contributed by atoms with Crippen molar-refractivity contribution in [2.24, 2.45) is 28.8 Å². The highest BCUT2D eigenvalue weighted by atomic mass is 16.8. The van der Waals surface area contributed by atoms with Crippen molar-refractivity contribution < 1.29 is 14.4 Å². The van der Waals surface area contributed by atoms with E-state index in [-0.39, 0.29) is 11.6 Å². The molecule has 1 aliphatic heterocycles. The van der Waals surface area contributed by atoms with Crippen LogP contribution in [0.4, 0.5) is 11.5 Å². The van der Waals surface area contributed by atoms with Crippen molar-refractivity contribution in [1.29, 1.82) is 0 Å². The third-order valence-electron chi connectivity index (χ3n) is 6.96. The molecule has 37 heavy (non-hydrogen) atoms. The van der Waals surface area contributed by atoms with Gasteiger partial charge in [0.1, 0.15) is 5.82 Å². The summed E-state index contributed by atoms with van der Waals surface area (Å²) in [5.74, 6) is 3.19. The second kappa shape index (κ2) is 11.3. The van der Waals surface area contributed by atoms with Gasteiger partial charge in [-0.3, -0.25) is 4.79 Å². The summed E-state index contributed by atoms with van der Waals surface area (Å²) in [5, 5.41) is 32.3. The number of carbonyl (C=O) groups excluding carboxylic acids is 1. The zero-order chi connectivity index (χ0) is 26.5. The van der Waals surface area contributed by atoms with Gasteiger partial charge in [-0.2, -0.15) is 4.90 Å². The fraction of sp³-hybridized carbons (Fsp3) is 0.407. The number of amides is 1. The van der Waals surface area contributed by atoms with E-state index in [9.17, 15) is 15.2 Å². The van der Waals surface area contributed by atoms with E-state index in [1.807, 2.05) is 6.07 Å². The highest BCUT2D eigenvalue weighted by molar-refractivity contribution is 6.02. The lowest BCUT2D eigenvalue weighted by Gasteiger charge is -2.37. The minimum atomic E-state index is -0.424. The molecule has 1 aromatic heterocycles. The van der Waals surface area contributed by atoms with Crippen LogP contribution in [0.25, 0.3) is 0 Å². The monoisotopic (exact) mass is 505 g/mol. The third-order valence-corrected chi connectivity index (χ3v) is 6.96. The molecule has 3 N–H and O–H groups in total. The number of hydrogen-bond acceptors (Lipinski definition) is 8. The molecule has 196 valence electrons. The number of nitrogens with one attached hydrogen (secondary N) is 3. The summed E-state index contributed by atoms with van der Waals surface area (Å²) in [7, 11) is 0. The molecule has 1 amide bonds. The van der Waals surface area contributed by atoms with Gasteiger partial charge in [-0.25, -0.2) is 10.4 Å². The number of hydrazone groups is 1. The average molecular weight is 506 g/mol. The second-order valence-electron chi connectivity index (χ2n) is 9.97. The number of anilines is 2. The van der Waals surface area contributed by atoms with Gasteiger partial charge in [-0.05, 0) is 61.3 Å². The van der Waals surface area contributed by atoms with E-state index in [1.165, 1.54) is 24.6 Å². The van der Waals surface area contributed by atoms with Crippen LogP contribution in [0.5, 0.6) is 0 Å². The number of nitrogens with zero attached hydrogens (tertiary/aromatic N) is 3. The van der Waals surface area contributed by atoms with E-state index in [4.69, 9.17) is 4.74 Å². The summed E-state index contributed by atoms with van der Waals surface area (Å²) in [5.41, 5.74) is 5.91. The van der Waals surface area contributed by atoms with Gasteiger partial charge in [0.05, 0.1) is 11.9 Å². The van der Waals surface area contributed by atoms with Crippen LogP contribution in [0.15, 0.2) is 70.8 Å². The highest BCUT2D eigenvalue weighted by Gasteiger charge is 2.33. The fourth-order valence-corrected chi connectivity index (χ4v) is 4.93. The van der Waals surface area contributed by atoms with Gasteiger partial charge in [-0.15, -0.1) is 5.10 Å². The Labute approximate surface area is 216 Å². The maximum absolute atomic E-state index is 11.2. The largest absolute Gasteiger partial charge is 0.612 e. The molecule has 4 rings (SSSR count). The lowest BCUT2D eigenvalue weighted by Crippen LogP contribution is -2.32. The van der Waals surface area contributed by atoms with Crippen molar-refractivity contribution in [3.8, 4) is 0 Å². The Kier molecular flexibility index (Phi) is 7.95. The van der Waals surface area contributed by atoms with Crippen molar-refractivity contribution >= 4 is 29.0 Å². The Morgan fingerprint density at radius 1 is 1.24 bits per heavy atom. The fourth-order valence-electron chi connectivity index (χ4n) is 4.93. The number of carbonyl (C=O) groups is 1. The molecule has 10 heteroatoms. The Hall–Kier alpha value is -4.08. The Morgan fingerprint density at radius 3 is 2.62 bits per heavy atom. The zero-order valence-electron chi connectivity index (χ0n) is 21.5. The van der Waals surface area contributed by atoms with Gasteiger partial charge in [0.2, 0.25) is 23.4 Å². The first-order valence-corrected chi connectivity index (χ1v) is 12.5. The molecule has 0 fully saturated rings. The molecule has 3 aliphatic rings. The number of rotatable bonds is 7. The summed E-state index contributed by atoms with van der Waals surface area (Å²) in [4.78, 5) is 15.1. The van der Waals surface area contributed by atoms with E-state index in [1.54, 1.807) is 24.4 Å². The summed E-state index contributed by atoms with van der Waals surface area (Å²) >= 11 is 0. The van der Waals surface area contributed by atoms with Gasteiger partial charge in [0.15, 0.2) is 0 Å². The van der Waals surface area contributed by atoms with Crippen LogP contribution in [-0.4, -0.2) is 33.9 Å². The Balaban J connectivity index is 1.37. The lowest BCUT2D eigenvalue weighted by molar-refractivity contribution is -0.377. The van der Waals surface area contributed by atoms with Gasteiger partial charge in [0, 0.05) is 37.6 Å². The first-order chi connectivity index (χ1) is 17.7. The quantitative estimate of drug-likeness (QED) is 0.283. The van der Waals surface area contributed by atoms with Crippen molar-refractivity contribution in [3.63, 3.8) is 0 Å². The Bertz CT molecular complexity index is 1190. The molecule has 2 aliphatic carbocycles. The molecule has 0 radical (unpaired) electrons. The molecule has 3 atom stereocenters. The average Bonchev–Trinajstić information content (AvgIpc) is 3.33.